The first kappa shape index (κ1) is 10.8. The number of benzene rings is 1. The zero-order chi connectivity index (χ0) is 10.4. The summed E-state index contributed by atoms with van der Waals surface area (Å²) in [5.41, 5.74) is 1.09. The molecule has 0 spiro atoms. The molecule has 0 aromatic heterocycles. The van der Waals surface area contributed by atoms with Crippen molar-refractivity contribution in [3.8, 4) is 0 Å². The van der Waals surface area contributed by atoms with E-state index in [1.54, 1.807) is 0 Å². The Morgan fingerprint density at radius 3 is 2.43 bits per heavy atom. The second-order valence-electron chi connectivity index (χ2n) is 2.71. The smallest absolute Gasteiger partial charge is 0.373 e. The summed E-state index contributed by atoms with van der Waals surface area (Å²) in [6, 6.07) is 9.62. The van der Waals surface area contributed by atoms with Crippen LogP contribution in [0.3, 0.4) is 0 Å². The summed E-state index contributed by atoms with van der Waals surface area (Å²) in [6.45, 7) is 0. The summed E-state index contributed by atoms with van der Waals surface area (Å²) in [7, 11) is 0. The number of rotatable bonds is 5. The van der Waals surface area contributed by atoms with E-state index in [-0.39, 0.29) is 5.75 Å². The molecule has 0 saturated heterocycles. The number of carboxylic acid groups (broad SMARTS) is 1. The number of ketones is 1. The minimum atomic E-state index is -1.36. The molecule has 0 heterocycles. The van der Waals surface area contributed by atoms with Crippen LogP contribution in [-0.2, 0) is 15.3 Å². The van der Waals surface area contributed by atoms with Gasteiger partial charge in [0.05, 0.1) is 5.75 Å². The largest absolute Gasteiger partial charge is 0.475 e. The Bertz CT molecular complexity index is 321. The summed E-state index contributed by atoms with van der Waals surface area (Å²) in [5.74, 6) is -1.40. The summed E-state index contributed by atoms with van der Waals surface area (Å²) < 4.78 is 0. The minimum Gasteiger partial charge on any atom is -0.475 e. The molecule has 0 radical (unpaired) electrons. The Kier molecular flexibility index (Phi) is 4.19. The number of hydrogen-bond donors (Lipinski definition) is 1. The van der Waals surface area contributed by atoms with Gasteiger partial charge in [0.15, 0.2) is 0 Å². The Hall–Kier alpha value is -1.29. The van der Waals surface area contributed by atoms with E-state index >= 15 is 0 Å². The van der Waals surface area contributed by atoms with Gasteiger partial charge in [0.1, 0.15) is 0 Å². The first-order valence-electron chi connectivity index (χ1n) is 4.08. The highest BCUT2D eigenvalue weighted by Crippen LogP contribution is 2.11. The van der Waals surface area contributed by atoms with Gasteiger partial charge in [-0.15, -0.1) is 11.8 Å². The van der Waals surface area contributed by atoms with Gasteiger partial charge in [-0.2, -0.15) is 0 Å². The Balaban J connectivity index is 2.29. The second-order valence-corrected chi connectivity index (χ2v) is 3.69. The topological polar surface area (TPSA) is 54.4 Å². The number of thioether (sulfide) groups is 1. The van der Waals surface area contributed by atoms with Crippen LogP contribution in [0.2, 0.25) is 0 Å². The average molecular weight is 210 g/mol. The molecule has 4 heteroatoms. The lowest BCUT2D eigenvalue weighted by Gasteiger charge is -1.98. The van der Waals surface area contributed by atoms with E-state index in [4.69, 9.17) is 5.11 Å². The Morgan fingerprint density at radius 2 is 1.86 bits per heavy atom. The standard InChI is InChI=1S/C10H10O3S/c11-9(10(12)13)7-14-6-8-4-2-1-3-5-8/h1-5H,6-7H2,(H,12,13). The van der Waals surface area contributed by atoms with Gasteiger partial charge in [0, 0.05) is 5.75 Å². The van der Waals surface area contributed by atoms with Crippen LogP contribution in [0.15, 0.2) is 30.3 Å². The maximum Gasteiger partial charge on any atom is 0.373 e. The van der Waals surface area contributed by atoms with Crippen molar-refractivity contribution in [2.75, 3.05) is 5.75 Å². The minimum absolute atomic E-state index is 0.0320. The highest BCUT2D eigenvalue weighted by molar-refractivity contribution is 7.99. The van der Waals surface area contributed by atoms with E-state index in [9.17, 15) is 9.59 Å². The number of carbonyl (C=O) groups is 2. The molecule has 3 nitrogen and oxygen atoms in total. The van der Waals surface area contributed by atoms with Gasteiger partial charge < -0.3 is 5.11 Å². The summed E-state index contributed by atoms with van der Waals surface area (Å²) in [5, 5.41) is 8.32. The van der Waals surface area contributed by atoms with Crippen molar-refractivity contribution in [3.63, 3.8) is 0 Å². The lowest BCUT2D eigenvalue weighted by atomic mass is 10.2. The molecule has 0 amide bonds. The van der Waals surface area contributed by atoms with Crippen molar-refractivity contribution in [1.29, 1.82) is 0 Å². The number of aliphatic carboxylic acids is 1. The fraction of sp³-hybridized carbons (Fsp3) is 0.200. The molecule has 0 fully saturated rings. The van der Waals surface area contributed by atoms with Gasteiger partial charge >= 0.3 is 5.97 Å². The van der Waals surface area contributed by atoms with Crippen molar-refractivity contribution < 1.29 is 14.7 Å². The monoisotopic (exact) mass is 210 g/mol. The maximum atomic E-state index is 10.7. The van der Waals surface area contributed by atoms with Crippen LogP contribution in [0.25, 0.3) is 0 Å². The van der Waals surface area contributed by atoms with Gasteiger partial charge in [-0.3, -0.25) is 4.79 Å². The number of Topliss-reactive ketones (excluding diaryl/α,β-unsaturated/α-hetero) is 1. The normalized spacial score (nSPS) is 9.71. The third kappa shape index (κ3) is 3.62. The predicted molar refractivity (Wildman–Crippen MR) is 55.2 cm³/mol. The third-order valence-electron chi connectivity index (χ3n) is 1.58. The fourth-order valence-corrected chi connectivity index (χ4v) is 1.74. The van der Waals surface area contributed by atoms with Crippen LogP contribution in [0.1, 0.15) is 5.56 Å². The molecule has 0 aliphatic carbocycles. The highest BCUT2D eigenvalue weighted by atomic mass is 32.2. The van der Waals surface area contributed by atoms with Gasteiger partial charge in [-0.05, 0) is 5.56 Å². The van der Waals surface area contributed by atoms with Crippen molar-refractivity contribution in [2.45, 2.75) is 5.75 Å². The molecule has 0 aliphatic heterocycles. The highest BCUT2D eigenvalue weighted by Gasteiger charge is 2.10. The van der Waals surface area contributed by atoms with E-state index in [1.807, 2.05) is 30.3 Å². The van der Waals surface area contributed by atoms with Crippen LogP contribution in [-0.4, -0.2) is 22.6 Å². The molecule has 0 atom stereocenters. The molecule has 1 rings (SSSR count). The molecule has 74 valence electrons. The SMILES string of the molecule is O=C(O)C(=O)CSCc1ccccc1. The van der Waals surface area contributed by atoms with Gasteiger partial charge in [-0.1, -0.05) is 30.3 Å². The molecule has 0 unspecified atom stereocenters. The van der Waals surface area contributed by atoms with Crippen LogP contribution >= 0.6 is 11.8 Å². The van der Waals surface area contributed by atoms with Crippen LogP contribution in [0.5, 0.6) is 0 Å². The number of carbonyl (C=O) groups excluding carboxylic acids is 1. The maximum absolute atomic E-state index is 10.7. The molecular formula is C10H10O3S. The van der Waals surface area contributed by atoms with Crippen molar-refractivity contribution in [3.05, 3.63) is 35.9 Å². The number of carboxylic acids is 1. The van der Waals surface area contributed by atoms with E-state index in [0.717, 1.165) is 5.56 Å². The third-order valence-corrected chi connectivity index (χ3v) is 2.59. The van der Waals surface area contributed by atoms with Crippen molar-refractivity contribution >= 4 is 23.5 Å². The molecule has 1 aromatic rings. The van der Waals surface area contributed by atoms with Gasteiger partial charge in [0.2, 0.25) is 5.78 Å². The lowest BCUT2D eigenvalue weighted by molar-refractivity contribution is -0.147. The van der Waals surface area contributed by atoms with Crippen molar-refractivity contribution in [2.24, 2.45) is 0 Å². The first-order valence-corrected chi connectivity index (χ1v) is 5.23. The first-order chi connectivity index (χ1) is 6.70. The second kappa shape index (κ2) is 5.44. The van der Waals surface area contributed by atoms with Gasteiger partial charge in [-0.25, -0.2) is 4.79 Å². The average Bonchev–Trinajstić information content (AvgIpc) is 2.19. The molecule has 0 saturated carbocycles. The molecule has 14 heavy (non-hydrogen) atoms. The predicted octanol–water partition coefficient (Wildman–Crippen LogP) is 1.57. The van der Waals surface area contributed by atoms with Crippen LogP contribution in [0, 0.1) is 0 Å². The summed E-state index contributed by atoms with van der Waals surface area (Å²) >= 11 is 1.31. The number of hydrogen-bond acceptors (Lipinski definition) is 3. The van der Waals surface area contributed by atoms with Gasteiger partial charge in [0.25, 0.3) is 0 Å². The summed E-state index contributed by atoms with van der Waals surface area (Å²) in [6.07, 6.45) is 0. The quantitative estimate of drug-likeness (QED) is 0.749. The zero-order valence-corrected chi connectivity index (χ0v) is 8.29. The van der Waals surface area contributed by atoms with E-state index < -0.39 is 11.8 Å². The van der Waals surface area contributed by atoms with Crippen LogP contribution < -0.4 is 0 Å². The molecule has 1 aromatic carbocycles. The van der Waals surface area contributed by atoms with Crippen LogP contribution in [0.4, 0.5) is 0 Å². The van der Waals surface area contributed by atoms with E-state index in [1.165, 1.54) is 11.8 Å². The zero-order valence-electron chi connectivity index (χ0n) is 7.47. The van der Waals surface area contributed by atoms with E-state index in [0.29, 0.717) is 5.75 Å². The molecule has 0 aliphatic rings. The van der Waals surface area contributed by atoms with Crippen molar-refractivity contribution in [1.82, 2.24) is 0 Å². The van der Waals surface area contributed by atoms with E-state index in [2.05, 4.69) is 0 Å². The Morgan fingerprint density at radius 1 is 1.21 bits per heavy atom. The summed E-state index contributed by atoms with van der Waals surface area (Å²) in [4.78, 5) is 20.9. The molecule has 1 N–H and O–H groups in total. The lowest BCUT2D eigenvalue weighted by Crippen LogP contribution is -2.14. The molecular weight excluding hydrogens is 200 g/mol. The Labute approximate surface area is 86.1 Å². The fourth-order valence-electron chi connectivity index (χ4n) is 0.898. The molecule has 0 bridgehead atoms.